The first kappa shape index (κ1) is 21.9. The predicted molar refractivity (Wildman–Crippen MR) is 137 cm³/mol. The SMILES string of the molecule is CCN1C(=C2SC(=Nc3ccccc3C)N(C3CCCCC3)C2=O)Sc2ccc(Cl)cc21. The molecule has 5 rings (SSSR count). The van der Waals surface area contributed by atoms with Crippen LogP contribution in [-0.2, 0) is 4.79 Å². The highest BCUT2D eigenvalue weighted by atomic mass is 35.5. The van der Waals surface area contributed by atoms with Crippen LogP contribution < -0.4 is 4.90 Å². The van der Waals surface area contributed by atoms with Crippen LogP contribution >= 0.6 is 35.1 Å². The number of rotatable bonds is 3. The number of carbonyl (C=O) groups is 1. The standard InChI is InChI=1S/C25H26ClN3OS2/c1-3-28-20-15-17(26)13-14-21(20)31-24(28)22-23(30)29(18-10-5-4-6-11-18)25(32-22)27-19-12-8-7-9-16(19)2/h7-9,12-15,18H,3-6,10-11H2,1-2H3. The van der Waals surface area contributed by atoms with Gasteiger partial charge >= 0.3 is 0 Å². The summed E-state index contributed by atoms with van der Waals surface area (Å²) in [7, 11) is 0. The van der Waals surface area contributed by atoms with Gasteiger partial charge in [-0.25, -0.2) is 4.99 Å². The molecule has 166 valence electrons. The lowest BCUT2D eigenvalue weighted by molar-refractivity contribution is -0.124. The zero-order chi connectivity index (χ0) is 22.2. The summed E-state index contributed by atoms with van der Waals surface area (Å²) < 4.78 is 0. The van der Waals surface area contributed by atoms with Gasteiger partial charge in [0.2, 0.25) is 0 Å². The van der Waals surface area contributed by atoms with E-state index in [1.165, 1.54) is 31.0 Å². The number of hydrogen-bond acceptors (Lipinski definition) is 5. The first-order valence-corrected chi connectivity index (χ1v) is 13.2. The minimum Gasteiger partial charge on any atom is -0.334 e. The highest BCUT2D eigenvalue weighted by Gasteiger charge is 2.43. The van der Waals surface area contributed by atoms with Gasteiger partial charge in [-0.3, -0.25) is 9.69 Å². The topological polar surface area (TPSA) is 35.9 Å². The van der Waals surface area contributed by atoms with Crippen molar-refractivity contribution in [1.29, 1.82) is 0 Å². The lowest BCUT2D eigenvalue weighted by Crippen LogP contribution is -2.40. The predicted octanol–water partition coefficient (Wildman–Crippen LogP) is 7.35. The summed E-state index contributed by atoms with van der Waals surface area (Å²) in [4.78, 5) is 25.0. The number of amidine groups is 1. The van der Waals surface area contributed by atoms with Gasteiger partial charge in [-0.2, -0.15) is 0 Å². The lowest BCUT2D eigenvalue weighted by Gasteiger charge is -2.30. The molecular weight excluding hydrogens is 458 g/mol. The molecule has 2 aliphatic heterocycles. The van der Waals surface area contributed by atoms with Crippen molar-refractivity contribution < 1.29 is 4.79 Å². The Morgan fingerprint density at radius 1 is 1.09 bits per heavy atom. The molecule has 0 spiro atoms. The van der Waals surface area contributed by atoms with E-state index in [0.29, 0.717) is 5.02 Å². The number of anilines is 1. The molecular formula is C25H26ClN3OS2. The molecule has 0 radical (unpaired) electrons. The van der Waals surface area contributed by atoms with Gasteiger partial charge in [0.1, 0.15) is 9.93 Å². The zero-order valence-corrected chi connectivity index (χ0v) is 20.7. The van der Waals surface area contributed by atoms with E-state index in [-0.39, 0.29) is 11.9 Å². The Kier molecular flexibility index (Phi) is 6.28. The van der Waals surface area contributed by atoms with Crippen LogP contribution in [0.1, 0.15) is 44.6 Å². The Bertz CT molecular complexity index is 1120. The summed E-state index contributed by atoms with van der Waals surface area (Å²) in [5.41, 5.74) is 3.12. The van der Waals surface area contributed by atoms with E-state index in [1.54, 1.807) is 11.8 Å². The van der Waals surface area contributed by atoms with E-state index in [2.05, 4.69) is 24.8 Å². The van der Waals surface area contributed by atoms with Gasteiger partial charge in [-0.15, -0.1) is 0 Å². The van der Waals surface area contributed by atoms with Crippen LogP contribution in [0.4, 0.5) is 11.4 Å². The molecule has 0 unspecified atom stereocenters. The fraction of sp³-hybridized carbons (Fsp3) is 0.360. The fourth-order valence-electron chi connectivity index (χ4n) is 4.58. The second-order valence-electron chi connectivity index (χ2n) is 8.34. The van der Waals surface area contributed by atoms with Crippen LogP contribution in [-0.4, -0.2) is 28.6 Å². The maximum atomic E-state index is 13.9. The average Bonchev–Trinajstić information content (AvgIpc) is 3.32. The number of aryl methyl sites for hydroxylation is 1. The van der Waals surface area contributed by atoms with Crippen molar-refractivity contribution in [3.05, 3.63) is 63.0 Å². The summed E-state index contributed by atoms with van der Waals surface area (Å²) in [5, 5.41) is 2.52. The number of aliphatic imine (C=N–C) groups is 1. The van der Waals surface area contributed by atoms with Crippen molar-refractivity contribution in [2.24, 2.45) is 4.99 Å². The van der Waals surface area contributed by atoms with Gasteiger partial charge in [-0.1, -0.05) is 60.8 Å². The number of nitrogens with zero attached hydrogens (tertiary/aromatic N) is 3. The molecule has 0 N–H and O–H groups in total. The zero-order valence-electron chi connectivity index (χ0n) is 18.3. The first-order chi connectivity index (χ1) is 15.6. The molecule has 2 heterocycles. The van der Waals surface area contributed by atoms with E-state index in [0.717, 1.165) is 56.3 Å². The van der Waals surface area contributed by atoms with Crippen LogP contribution in [0.2, 0.25) is 5.02 Å². The molecule has 7 heteroatoms. The molecule has 32 heavy (non-hydrogen) atoms. The Hall–Kier alpha value is -1.89. The van der Waals surface area contributed by atoms with Crippen molar-refractivity contribution in [1.82, 2.24) is 4.90 Å². The molecule has 2 fully saturated rings. The van der Waals surface area contributed by atoms with Crippen LogP contribution in [0.5, 0.6) is 0 Å². The van der Waals surface area contributed by atoms with E-state index in [9.17, 15) is 4.79 Å². The Morgan fingerprint density at radius 3 is 2.62 bits per heavy atom. The molecule has 3 aliphatic rings. The molecule has 1 aliphatic carbocycles. The van der Waals surface area contributed by atoms with Gasteiger partial charge < -0.3 is 4.90 Å². The van der Waals surface area contributed by atoms with Crippen LogP contribution in [0.15, 0.2) is 62.3 Å². The van der Waals surface area contributed by atoms with Crippen molar-refractivity contribution >= 4 is 57.6 Å². The number of amides is 1. The number of fused-ring (bicyclic) bond motifs is 1. The highest BCUT2D eigenvalue weighted by molar-refractivity contribution is 8.19. The molecule has 2 aromatic rings. The fourth-order valence-corrected chi connectivity index (χ4v) is 7.18. The number of carbonyl (C=O) groups excluding carboxylic acids is 1. The van der Waals surface area contributed by atoms with Gasteiger partial charge in [-0.05, 0) is 68.3 Å². The Labute approximate surface area is 203 Å². The Balaban J connectivity index is 1.59. The number of hydrogen-bond donors (Lipinski definition) is 0. The average molecular weight is 484 g/mol. The molecule has 4 nitrogen and oxygen atoms in total. The minimum absolute atomic E-state index is 0.0917. The largest absolute Gasteiger partial charge is 0.334 e. The monoisotopic (exact) mass is 483 g/mol. The normalized spacial score (nSPS) is 22.8. The molecule has 1 saturated carbocycles. The Morgan fingerprint density at radius 2 is 1.88 bits per heavy atom. The quantitative estimate of drug-likeness (QED) is 0.427. The van der Waals surface area contributed by atoms with E-state index in [1.807, 2.05) is 41.3 Å². The van der Waals surface area contributed by atoms with Crippen molar-refractivity contribution in [2.75, 3.05) is 11.4 Å². The van der Waals surface area contributed by atoms with Crippen LogP contribution in [0, 0.1) is 6.92 Å². The molecule has 0 atom stereocenters. The summed E-state index contributed by atoms with van der Waals surface area (Å²) in [5.74, 6) is 0.0917. The highest BCUT2D eigenvalue weighted by Crippen LogP contribution is 2.52. The number of halogens is 1. The first-order valence-electron chi connectivity index (χ1n) is 11.2. The second-order valence-corrected chi connectivity index (χ2v) is 10.8. The molecule has 1 amide bonds. The van der Waals surface area contributed by atoms with Crippen molar-refractivity contribution in [2.45, 2.75) is 56.9 Å². The molecule has 0 bridgehead atoms. The smallest absolute Gasteiger partial charge is 0.269 e. The number of benzene rings is 2. The van der Waals surface area contributed by atoms with E-state index >= 15 is 0 Å². The minimum atomic E-state index is 0.0917. The van der Waals surface area contributed by atoms with Crippen molar-refractivity contribution in [3.63, 3.8) is 0 Å². The maximum Gasteiger partial charge on any atom is 0.269 e. The van der Waals surface area contributed by atoms with Gasteiger partial charge in [0, 0.05) is 22.5 Å². The van der Waals surface area contributed by atoms with Crippen LogP contribution in [0.25, 0.3) is 0 Å². The summed E-state index contributed by atoms with van der Waals surface area (Å²) in [6.45, 7) is 4.96. The third-order valence-electron chi connectivity index (χ3n) is 6.26. The van der Waals surface area contributed by atoms with E-state index < -0.39 is 0 Å². The van der Waals surface area contributed by atoms with E-state index in [4.69, 9.17) is 16.6 Å². The van der Waals surface area contributed by atoms with Crippen molar-refractivity contribution in [3.8, 4) is 0 Å². The summed E-state index contributed by atoms with van der Waals surface area (Å²) >= 11 is 9.47. The maximum absolute atomic E-state index is 13.9. The summed E-state index contributed by atoms with van der Waals surface area (Å²) in [6.07, 6.45) is 5.68. The lowest BCUT2D eigenvalue weighted by atomic mass is 9.94. The number of para-hydroxylation sites is 1. The van der Waals surface area contributed by atoms with Crippen LogP contribution in [0.3, 0.4) is 0 Å². The number of thioether (sulfide) groups is 2. The molecule has 1 saturated heterocycles. The molecule has 2 aromatic carbocycles. The second kappa shape index (κ2) is 9.16. The summed E-state index contributed by atoms with van der Waals surface area (Å²) in [6, 6.07) is 14.3. The van der Waals surface area contributed by atoms with Gasteiger partial charge in [0.05, 0.1) is 11.4 Å². The van der Waals surface area contributed by atoms with Gasteiger partial charge in [0.15, 0.2) is 5.17 Å². The third-order valence-corrected chi connectivity index (χ3v) is 8.85. The third kappa shape index (κ3) is 3.97. The molecule has 0 aromatic heterocycles. The van der Waals surface area contributed by atoms with Gasteiger partial charge in [0.25, 0.3) is 5.91 Å².